The zero-order valence-corrected chi connectivity index (χ0v) is 11.4. The fourth-order valence-electron chi connectivity index (χ4n) is 2.25. The highest BCUT2D eigenvalue weighted by Gasteiger charge is 2.23. The number of likely N-dealkylation sites (N-methyl/N-ethyl adjacent to an activating group) is 1. The Bertz CT molecular complexity index is 352. The molecule has 1 atom stereocenters. The second-order valence-electron chi connectivity index (χ2n) is 4.05. The molecule has 0 aliphatic carbocycles. The molecule has 0 saturated heterocycles. The lowest BCUT2D eigenvalue weighted by molar-refractivity contribution is 0.236. The Morgan fingerprint density at radius 3 is 2.71 bits per heavy atom. The maximum absolute atomic E-state index is 5.81. The van der Waals surface area contributed by atoms with Gasteiger partial charge in [0.15, 0.2) is 0 Å². The number of nitrogens with two attached hydrogens (primary N) is 1. The number of hydrogen-bond acceptors (Lipinski definition) is 3. The number of nitrogens with zero attached hydrogens (tertiary/aromatic N) is 1. The smallest absolute Gasteiger partial charge is 0.119 e. The van der Waals surface area contributed by atoms with Crippen molar-refractivity contribution in [1.29, 1.82) is 0 Å². The molecule has 1 unspecified atom stereocenters. The van der Waals surface area contributed by atoms with E-state index in [1.807, 2.05) is 19.9 Å². The van der Waals surface area contributed by atoms with Gasteiger partial charge < -0.3 is 10.5 Å². The lowest BCUT2D eigenvalue weighted by atomic mass is 9.93. The molecule has 0 spiro atoms. The minimum absolute atomic E-state index is 0.361. The van der Waals surface area contributed by atoms with Crippen molar-refractivity contribution in [2.75, 3.05) is 27.2 Å². The van der Waals surface area contributed by atoms with Crippen LogP contribution in [0.2, 0.25) is 0 Å². The molecule has 1 aromatic carbocycles. The van der Waals surface area contributed by atoms with Crippen LogP contribution in [0.4, 0.5) is 0 Å². The SMILES string of the molecule is CC.COc1ccc2c(c1)CCN(C)C2CN. The fraction of sp³-hybridized carbons (Fsp3) is 0.571. The van der Waals surface area contributed by atoms with Gasteiger partial charge in [0.05, 0.1) is 7.11 Å². The van der Waals surface area contributed by atoms with Crippen LogP contribution in [0, 0.1) is 0 Å². The second-order valence-corrected chi connectivity index (χ2v) is 4.05. The fourth-order valence-corrected chi connectivity index (χ4v) is 2.25. The summed E-state index contributed by atoms with van der Waals surface area (Å²) in [6.45, 7) is 5.75. The van der Waals surface area contributed by atoms with Crippen LogP contribution in [-0.2, 0) is 6.42 Å². The number of benzene rings is 1. The van der Waals surface area contributed by atoms with E-state index in [0.717, 1.165) is 18.7 Å². The second kappa shape index (κ2) is 6.62. The molecule has 3 heteroatoms. The molecule has 96 valence electrons. The van der Waals surface area contributed by atoms with E-state index in [9.17, 15) is 0 Å². The van der Waals surface area contributed by atoms with Gasteiger partial charge in [-0.1, -0.05) is 19.9 Å². The first-order valence-electron chi connectivity index (χ1n) is 6.33. The van der Waals surface area contributed by atoms with Crippen LogP contribution < -0.4 is 10.5 Å². The summed E-state index contributed by atoms with van der Waals surface area (Å²) >= 11 is 0. The van der Waals surface area contributed by atoms with Gasteiger partial charge in [-0.15, -0.1) is 0 Å². The highest BCUT2D eigenvalue weighted by atomic mass is 16.5. The van der Waals surface area contributed by atoms with Crippen LogP contribution in [0.1, 0.15) is 31.0 Å². The van der Waals surface area contributed by atoms with Gasteiger partial charge >= 0.3 is 0 Å². The van der Waals surface area contributed by atoms with Crippen molar-refractivity contribution >= 4 is 0 Å². The van der Waals surface area contributed by atoms with Gasteiger partial charge in [0.25, 0.3) is 0 Å². The quantitative estimate of drug-likeness (QED) is 0.855. The van der Waals surface area contributed by atoms with Crippen molar-refractivity contribution in [2.45, 2.75) is 26.3 Å². The molecule has 0 radical (unpaired) electrons. The third-order valence-corrected chi connectivity index (χ3v) is 3.20. The molecule has 0 amide bonds. The lowest BCUT2D eigenvalue weighted by Crippen LogP contribution is -2.36. The Morgan fingerprint density at radius 1 is 1.41 bits per heavy atom. The number of ether oxygens (including phenoxy) is 1. The molecule has 1 aliphatic heterocycles. The van der Waals surface area contributed by atoms with E-state index < -0.39 is 0 Å². The zero-order chi connectivity index (χ0) is 12.8. The van der Waals surface area contributed by atoms with Gasteiger partial charge in [0, 0.05) is 19.1 Å². The van der Waals surface area contributed by atoms with Crippen molar-refractivity contribution in [3.8, 4) is 5.75 Å². The zero-order valence-electron chi connectivity index (χ0n) is 11.4. The first-order chi connectivity index (χ1) is 8.26. The Balaban J connectivity index is 0.000000686. The number of rotatable bonds is 2. The molecule has 1 heterocycles. The predicted molar refractivity (Wildman–Crippen MR) is 72.5 cm³/mol. The van der Waals surface area contributed by atoms with Crippen molar-refractivity contribution in [3.05, 3.63) is 29.3 Å². The maximum atomic E-state index is 5.81. The molecule has 0 fully saturated rings. The summed E-state index contributed by atoms with van der Waals surface area (Å²) in [5, 5.41) is 0. The Morgan fingerprint density at radius 2 is 2.12 bits per heavy atom. The minimum Gasteiger partial charge on any atom is -0.497 e. The average molecular weight is 236 g/mol. The standard InChI is InChI=1S/C12H18N2O.C2H6/c1-14-6-5-9-7-10(15-2)3-4-11(9)12(14)8-13;1-2/h3-4,7,12H,5-6,8,13H2,1-2H3;1-2H3. The topological polar surface area (TPSA) is 38.5 Å². The van der Waals surface area contributed by atoms with Gasteiger partial charge in [-0.3, -0.25) is 4.90 Å². The van der Waals surface area contributed by atoms with Gasteiger partial charge in [-0.05, 0) is 36.7 Å². The summed E-state index contributed by atoms with van der Waals surface area (Å²) in [5.74, 6) is 0.939. The number of hydrogen-bond donors (Lipinski definition) is 1. The van der Waals surface area contributed by atoms with Gasteiger partial charge in [-0.25, -0.2) is 0 Å². The van der Waals surface area contributed by atoms with Gasteiger partial charge in [0.1, 0.15) is 5.75 Å². The molecule has 2 N–H and O–H groups in total. The molecule has 17 heavy (non-hydrogen) atoms. The van der Waals surface area contributed by atoms with Crippen LogP contribution in [0.15, 0.2) is 18.2 Å². The third kappa shape index (κ3) is 2.99. The molecule has 1 aromatic rings. The van der Waals surface area contributed by atoms with Crippen LogP contribution in [0.25, 0.3) is 0 Å². The van der Waals surface area contributed by atoms with E-state index in [-0.39, 0.29) is 0 Å². The minimum atomic E-state index is 0.361. The monoisotopic (exact) mass is 236 g/mol. The summed E-state index contributed by atoms with van der Waals surface area (Å²) < 4.78 is 5.23. The van der Waals surface area contributed by atoms with E-state index >= 15 is 0 Å². The molecule has 1 aliphatic rings. The van der Waals surface area contributed by atoms with Crippen molar-refractivity contribution in [3.63, 3.8) is 0 Å². The van der Waals surface area contributed by atoms with E-state index in [2.05, 4.69) is 24.1 Å². The molecular weight excluding hydrogens is 212 g/mol. The van der Waals surface area contributed by atoms with E-state index in [1.54, 1.807) is 7.11 Å². The highest BCUT2D eigenvalue weighted by Crippen LogP contribution is 2.30. The van der Waals surface area contributed by atoms with Crippen LogP contribution in [-0.4, -0.2) is 32.1 Å². The Labute approximate surface area is 105 Å². The summed E-state index contributed by atoms with van der Waals surface area (Å²) in [6, 6.07) is 6.65. The third-order valence-electron chi connectivity index (χ3n) is 3.20. The summed E-state index contributed by atoms with van der Waals surface area (Å²) in [7, 11) is 3.84. The molecule has 0 saturated carbocycles. The predicted octanol–water partition coefficient (Wildman–Crippen LogP) is 2.21. The molecule has 0 aromatic heterocycles. The van der Waals surface area contributed by atoms with Crippen molar-refractivity contribution < 1.29 is 4.74 Å². The van der Waals surface area contributed by atoms with Gasteiger partial charge in [0.2, 0.25) is 0 Å². The first-order valence-corrected chi connectivity index (χ1v) is 6.33. The van der Waals surface area contributed by atoms with E-state index in [4.69, 9.17) is 10.5 Å². The molecule has 0 bridgehead atoms. The van der Waals surface area contributed by atoms with Gasteiger partial charge in [-0.2, -0.15) is 0 Å². The Hall–Kier alpha value is -1.06. The summed E-state index contributed by atoms with van der Waals surface area (Å²) in [6.07, 6.45) is 1.08. The van der Waals surface area contributed by atoms with Crippen LogP contribution >= 0.6 is 0 Å². The normalized spacial score (nSPS) is 19.0. The lowest BCUT2D eigenvalue weighted by Gasteiger charge is -2.33. The largest absolute Gasteiger partial charge is 0.497 e. The number of methoxy groups -OCH3 is 1. The maximum Gasteiger partial charge on any atom is 0.119 e. The van der Waals surface area contributed by atoms with E-state index in [1.165, 1.54) is 11.1 Å². The number of fused-ring (bicyclic) bond motifs is 1. The van der Waals surface area contributed by atoms with Crippen molar-refractivity contribution in [1.82, 2.24) is 4.90 Å². The molecular formula is C14H24N2O. The molecule has 3 nitrogen and oxygen atoms in total. The van der Waals surface area contributed by atoms with Crippen LogP contribution in [0.3, 0.4) is 0 Å². The van der Waals surface area contributed by atoms with Crippen molar-refractivity contribution in [2.24, 2.45) is 5.73 Å². The summed E-state index contributed by atoms with van der Waals surface area (Å²) in [4.78, 5) is 2.31. The highest BCUT2D eigenvalue weighted by molar-refractivity contribution is 5.39. The Kier molecular flexibility index (Phi) is 5.45. The first kappa shape index (κ1) is 14.0. The molecule has 2 rings (SSSR count). The summed E-state index contributed by atoms with van der Waals surface area (Å²) in [5.41, 5.74) is 8.54. The van der Waals surface area contributed by atoms with E-state index in [0.29, 0.717) is 12.6 Å². The average Bonchev–Trinajstić information content (AvgIpc) is 2.40. The van der Waals surface area contributed by atoms with Crippen LogP contribution in [0.5, 0.6) is 5.75 Å².